The lowest BCUT2D eigenvalue weighted by Gasteiger charge is -2.27. The standard InChI is InChI=1S/C23H24Cl2F3N5O2/c1-11-3-5-13(6-4-11)29-21(34)14-9-17-20(32-22(14)35-10-18(27)28)33(2)23(30-17)31-19-15(24)7-12(26)8-16(19)25/h7-9,11,13,18H,3-6,10H2,1-2H3,(H,29,34)(H,30,31). The first-order valence-electron chi connectivity index (χ1n) is 11.1. The average Bonchev–Trinajstić information content (AvgIpc) is 3.10. The largest absolute Gasteiger partial charge is 0.471 e. The minimum Gasteiger partial charge on any atom is -0.471 e. The third-order valence-corrected chi connectivity index (χ3v) is 6.59. The number of hydrogen-bond donors (Lipinski definition) is 2. The van der Waals surface area contributed by atoms with Crippen LogP contribution in [0.2, 0.25) is 10.0 Å². The highest BCUT2D eigenvalue weighted by Gasteiger charge is 2.25. The topological polar surface area (TPSA) is 81.1 Å². The number of nitrogens with one attached hydrogen (secondary N) is 2. The summed E-state index contributed by atoms with van der Waals surface area (Å²) in [6.45, 7) is 1.26. The van der Waals surface area contributed by atoms with E-state index < -0.39 is 24.8 Å². The van der Waals surface area contributed by atoms with Gasteiger partial charge in [-0.25, -0.2) is 18.2 Å². The molecule has 1 aliphatic rings. The number of hydrogen-bond acceptors (Lipinski definition) is 5. The molecule has 0 unspecified atom stereocenters. The zero-order valence-electron chi connectivity index (χ0n) is 19.0. The minimum atomic E-state index is -2.74. The van der Waals surface area contributed by atoms with Gasteiger partial charge in [0.1, 0.15) is 16.9 Å². The van der Waals surface area contributed by atoms with E-state index in [9.17, 15) is 18.0 Å². The lowest BCUT2D eigenvalue weighted by molar-refractivity contribution is 0.0770. The first kappa shape index (κ1) is 25.4. The van der Waals surface area contributed by atoms with E-state index in [-0.39, 0.29) is 44.8 Å². The monoisotopic (exact) mass is 529 g/mol. The van der Waals surface area contributed by atoms with E-state index in [4.69, 9.17) is 27.9 Å². The van der Waals surface area contributed by atoms with Crippen molar-refractivity contribution in [3.05, 3.63) is 39.6 Å². The molecule has 2 aromatic heterocycles. The number of ether oxygens (including phenoxy) is 1. The van der Waals surface area contributed by atoms with Crippen LogP contribution in [0.4, 0.5) is 24.8 Å². The summed E-state index contributed by atoms with van der Waals surface area (Å²) in [5.74, 6) is -0.434. The zero-order chi connectivity index (χ0) is 25.3. The van der Waals surface area contributed by atoms with Crippen molar-refractivity contribution in [1.29, 1.82) is 0 Å². The summed E-state index contributed by atoms with van der Waals surface area (Å²) < 4.78 is 46.0. The molecular weight excluding hydrogens is 506 g/mol. The lowest BCUT2D eigenvalue weighted by atomic mass is 9.87. The molecule has 0 bridgehead atoms. The zero-order valence-corrected chi connectivity index (χ0v) is 20.6. The van der Waals surface area contributed by atoms with Crippen molar-refractivity contribution in [3.63, 3.8) is 0 Å². The number of aryl methyl sites for hydroxylation is 1. The number of aromatic nitrogens is 3. The van der Waals surface area contributed by atoms with Gasteiger partial charge in [-0.2, -0.15) is 4.98 Å². The Hall–Kier alpha value is -2.72. The van der Waals surface area contributed by atoms with Crippen LogP contribution in [0.5, 0.6) is 5.88 Å². The highest BCUT2D eigenvalue weighted by atomic mass is 35.5. The number of carbonyl (C=O) groups excluding carboxylic acids is 1. The molecule has 0 aliphatic heterocycles. The maximum absolute atomic E-state index is 13.5. The summed E-state index contributed by atoms with van der Waals surface area (Å²) in [6, 6.07) is 3.63. The highest BCUT2D eigenvalue weighted by molar-refractivity contribution is 6.39. The van der Waals surface area contributed by atoms with Crippen LogP contribution in [-0.2, 0) is 7.05 Å². The molecule has 1 aliphatic carbocycles. The molecule has 7 nitrogen and oxygen atoms in total. The molecule has 188 valence electrons. The number of alkyl halides is 2. The molecule has 0 radical (unpaired) electrons. The number of rotatable bonds is 7. The van der Waals surface area contributed by atoms with Crippen LogP contribution in [0.1, 0.15) is 43.0 Å². The quantitative estimate of drug-likeness (QED) is 0.385. The van der Waals surface area contributed by atoms with E-state index in [2.05, 4.69) is 27.5 Å². The number of fused-ring (bicyclic) bond motifs is 1. The Morgan fingerprint density at radius 1 is 1.17 bits per heavy atom. The summed E-state index contributed by atoms with van der Waals surface area (Å²) in [7, 11) is 1.62. The molecule has 3 aromatic rings. The van der Waals surface area contributed by atoms with Gasteiger partial charge in [0, 0.05) is 13.1 Å². The van der Waals surface area contributed by atoms with Gasteiger partial charge in [0.2, 0.25) is 11.8 Å². The molecule has 35 heavy (non-hydrogen) atoms. The van der Waals surface area contributed by atoms with Crippen LogP contribution >= 0.6 is 23.2 Å². The molecule has 0 saturated heterocycles. The summed E-state index contributed by atoms with van der Waals surface area (Å²) >= 11 is 12.2. The van der Waals surface area contributed by atoms with Gasteiger partial charge >= 0.3 is 0 Å². The molecule has 0 spiro atoms. The van der Waals surface area contributed by atoms with Crippen LogP contribution in [0.3, 0.4) is 0 Å². The Bertz CT molecular complexity index is 1220. The van der Waals surface area contributed by atoms with Crippen molar-refractivity contribution in [2.24, 2.45) is 13.0 Å². The molecule has 4 rings (SSSR count). The van der Waals surface area contributed by atoms with E-state index >= 15 is 0 Å². The first-order chi connectivity index (χ1) is 16.6. The fourth-order valence-corrected chi connectivity index (χ4v) is 4.62. The molecule has 1 aromatic carbocycles. The molecular formula is C23H24Cl2F3N5O2. The molecule has 2 heterocycles. The highest BCUT2D eigenvalue weighted by Crippen LogP contribution is 2.35. The number of pyridine rings is 1. The molecule has 0 atom stereocenters. The van der Waals surface area contributed by atoms with E-state index in [1.165, 1.54) is 10.6 Å². The van der Waals surface area contributed by atoms with E-state index in [1.807, 2.05) is 0 Å². The van der Waals surface area contributed by atoms with E-state index in [0.717, 1.165) is 37.8 Å². The minimum absolute atomic E-state index is 0.0129. The van der Waals surface area contributed by atoms with Gasteiger partial charge in [-0.05, 0) is 49.8 Å². The fraction of sp³-hybridized carbons (Fsp3) is 0.435. The van der Waals surface area contributed by atoms with Crippen molar-refractivity contribution < 1.29 is 22.7 Å². The van der Waals surface area contributed by atoms with Crippen LogP contribution in [0, 0.1) is 11.7 Å². The fourth-order valence-electron chi connectivity index (χ4n) is 4.06. The second-order valence-corrected chi connectivity index (χ2v) is 9.49. The Balaban J connectivity index is 1.68. The van der Waals surface area contributed by atoms with Crippen molar-refractivity contribution in [1.82, 2.24) is 19.9 Å². The van der Waals surface area contributed by atoms with Gasteiger partial charge in [-0.3, -0.25) is 9.36 Å². The number of amides is 1. The summed E-state index contributed by atoms with van der Waals surface area (Å²) in [5.41, 5.74) is 0.830. The number of imidazole rings is 1. The Morgan fingerprint density at radius 2 is 1.83 bits per heavy atom. The van der Waals surface area contributed by atoms with Gasteiger partial charge in [0.15, 0.2) is 12.3 Å². The number of carbonyl (C=O) groups is 1. The number of anilines is 2. The van der Waals surface area contributed by atoms with Gasteiger partial charge in [0.25, 0.3) is 12.3 Å². The SMILES string of the molecule is CC1CCC(NC(=O)c2cc3nc(Nc4c(Cl)cc(F)cc4Cl)n(C)c3nc2OCC(F)F)CC1. The van der Waals surface area contributed by atoms with Crippen LogP contribution < -0.4 is 15.4 Å². The summed E-state index contributed by atoms with van der Waals surface area (Å²) in [4.78, 5) is 21.8. The maximum atomic E-state index is 13.5. The van der Waals surface area contributed by atoms with Gasteiger partial charge < -0.3 is 15.4 Å². The Labute approximate surface area is 210 Å². The van der Waals surface area contributed by atoms with Crippen LogP contribution in [-0.4, -0.2) is 39.5 Å². The molecule has 12 heteroatoms. The molecule has 1 amide bonds. The molecule has 1 fully saturated rings. The first-order valence-corrected chi connectivity index (χ1v) is 11.9. The van der Waals surface area contributed by atoms with E-state index in [1.54, 1.807) is 7.05 Å². The van der Waals surface area contributed by atoms with Crippen molar-refractivity contribution in [2.45, 2.75) is 45.1 Å². The lowest BCUT2D eigenvalue weighted by Crippen LogP contribution is -2.37. The summed E-state index contributed by atoms with van der Waals surface area (Å²) in [6.07, 6.45) is 0.940. The van der Waals surface area contributed by atoms with Gasteiger partial charge in [-0.1, -0.05) is 30.1 Å². The van der Waals surface area contributed by atoms with Crippen molar-refractivity contribution in [2.75, 3.05) is 11.9 Å². The third-order valence-electron chi connectivity index (χ3n) is 6.00. The number of nitrogens with zero attached hydrogens (tertiary/aromatic N) is 3. The summed E-state index contributed by atoms with van der Waals surface area (Å²) in [5, 5.41) is 5.98. The van der Waals surface area contributed by atoms with Gasteiger partial charge in [0.05, 0.1) is 15.7 Å². The Morgan fingerprint density at radius 3 is 2.46 bits per heavy atom. The van der Waals surface area contributed by atoms with Crippen molar-refractivity contribution in [3.8, 4) is 5.88 Å². The van der Waals surface area contributed by atoms with Crippen molar-refractivity contribution >= 4 is 51.9 Å². The second kappa shape index (κ2) is 10.5. The second-order valence-electron chi connectivity index (χ2n) is 8.68. The predicted molar refractivity (Wildman–Crippen MR) is 129 cm³/mol. The van der Waals surface area contributed by atoms with E-state index in [0.29, 0.717) is 11.4 Å². The predicted octanol–water partition coefficient (Wildman–Crippen LogP) is 6.11. The third kappa shape index (κ3) is 5.75. The smallest absolute Gasteiger partial charge is 0.272 e. The number of halogens is 5. The van der Waals surface area contributed by atoms with Crippen LogP contribution in [0.15, 0.2) is 18.2 Å². The normalized spacial score (nSPS) is 18.2. The molecule has 1 saturated carbocycles. The van der Waals surface area contributed by atoms with Gasteiger partial charge in [-0.15, -0.1) is 0 Å². The average molecular weight is 530 g/mol. The molecule has 2 N–H and O–H groups in total. The maximum Gasteiger partial charge on any atom is 0.272 e. The van der Waals surface area contributed by atoms with Crippen LogP contribution in [0.25, 0.3) is 11.2 Å². The number of benzene rings is 1. The Kier molecular flexibility index (Phi) is 7.61.